The van der Waals surface area contributed by atoms with Gasteiger partial charge in [-0.15, -0.1) is 16.4 Å². The first-order valence-electron chi connectivity index (χ1n) is 10.0. The molecule has 9 nitrogen and oxygen atoms in total. The lowest BCUT2D eigenvalue weighted by atomic mass is 10.1. The third-order valence-electron chi connectivity index (χ3n) is 4.33. The number of benzene rings is 1. The van der Waals surface area contributed by atoms with Crippen LogP contribution in [0.5, 0.6) is 0 Å². The van der Waals surface area contributed by atoms with Crippen LogP contribution in [0.1, 0.15) is 45.0 Å². The normalized spacial score (nSPS) is 10.5. The standard InChI is InChI=1S/C21H22ClN5O4S2/c1-4-30-18(28)15-12(3)16(19(29)31-5-2)33-17(15)24-21(32)25-20-23-11-27(26-20)10-13-6-8-14(22)9-7-13/h6-9,11H,4-5,10H2,1-3H3,(H2,24,25,26,32). The Morgan fingerprint density at radius 3 is 2.45 bits per heavy atom. The van der Waals surface area contributed by atoms with Crippen LogP contribution in [0.25, 0.3) is 0 Å². The molecule has 0 bridgehead atoms. The molecular formula is C21H22ClN5O4S2. The highest BCUT2D eigenvalue weighted by molar-refractivity contribution is 7.80. The number of halogens is 1. The van der Waals surface area contributed by atoms with E-state index in [0.29, 0.717) is 27.0 Å². The predicted octanol–water partition coefficient (Wildman–Crippen LogP) is 4.51. The van der Waals surface area contributed by atoms with E-state index in [4.69, 9.17) is 33.3 Å². The molecular weight excluding hydrogens is 486 g/mol. The summed E-state index contributed by atoms with van der Waals surface area (Å²) in [6, 6.07) is 7.42. The zero-order valence-electron chi connectivity index (χ0n) is 18.2. The molecule has 0 unspecified atom stereocenters. The summed E-state index contributed by atoms with van der Waals surface area (Å²) in [4.78, 5) is 29.3. The fourth-order valence-corrected chi connectivity index (χ4v) is 4.36. The van der Waals surface area contributed by atoms with Gasteiger partial charge in [0.05, 0.1) is 25.3 Å². The van der Waals surface area contributed by atoms with E-state index >= 15 is 0 Å². The molecule has 1 aromatic carbocycles. The minimum absolute atomic E-state index is 0.154. The van der Waals surface area contributed by atoms with Gasteiger partial charge in [-0.05, 0) is 56.2 Å². The number of ether oxygens (including phenoxy) is 2. The van der Waals surface area contributed by atoms with Crippen molar-refractivity contribution < 1.29 is 19.1 Å². The van der Waals surface area contributed by atoms with E-state index in [1.165, 1.54) is 0 Å². The first-order valence-corrected chi connectivity index (χ1v) is 11.6. The molecule has 174 valence electrons. The third-order valence-corrected chi connectivity index (χ3v) is 5.98. The number of rotatable bonds is 8. The van der Waals surface area contributed by atoms with Gasteiger partial charge in [-0.3, -0.25) is 5.32 Å². The Labute approximate surface area is 205 Å². The van der Waals surface area contributed by atoms with Crippen LogP contribution in [0.4, 0.5) is 10.9 Å². The van der Waals surface area contributed by atoms with Gasteiger partial charge >= 0.3 is 11.9 Å². The van der Waals surface area contributed by atoms with E-state index in [1.54, 1.807) is 43.9 Å². The minimum atomic E-state index is -0.558. The Hall–Kier alpha value is -3.02. The van der Waals surface area contributed by atoms with Gasteiger partial charge in [0.1, 0.15) is 16.2 Å². The Balaban J connectivity index is 1.73. The largest absolute Gasteiger partial charge is 0.462 e. The maximum absolute atomic E-state index is 12.5. The molecule has 33 heavy (non-hydrogen) atoms. The summed E-state index contributed by atoms with van der Waals surface area (Å²) in [7, 11) is 0. The topological polar surface area (TPSA) is 107 Å². The van der Waals surface area contributed by atoms with Crippen LogP contribution >= 0.6 is 35.2 Å². The van der Waals surface area contributed by atoms with Crippen molar-refractivity contribution in [3.05, 3.63) is 57.2 Å². The minimum Gasteiger partial charge on any atom is -0.462 e. The van der Waals surface area contributed by atoms with Crippen LogP contribution in [-0.2, 0) is 16.0 Å². The lowest BCUT2D eigenvalue weighted by molar-refractivity contribution is 0.0527. The summed E-state index contributed by atoms with van der Waals surface area (Å²) in [5.41, 5.74) is 1.71. The molecule has 0 radical (unpaired) electrons. The average Bonchev–Trinajstić information content (AvgIpc) is 3.33. The first-order chi connectivity index (χ1) is 15.8. The molecule has 0 aliphatic carbocycles. The van der Waals surface area contributed by atoms with Gasteiger partial charge in [0.2, 0.25) is 5.95 Å². The highest BCUT2D eigenvalue weighted by Crippen LogP contribution is 2.34. The van der Waals surface area contributed by atoms with Gasteiger partial charge in [0.25, 0.3) is 0 Å². The number of anilines is 2. The number of hydrogen-bond donors (Lipinski definition) is 2. The molecule has 3 rings (SSSR count). The number of thiophene rings is 1. The van der Waals surface area contributed by atoms with Crippen molar-refractivity contribution in [2.24, 2.45) is 0 Å². The van der Waals surface area contributed by atoms with Gasteiger partial charge in [-0.25, -0.2) is 19.3 Å². The number of thiocarbonyl (C=S) groups is 1. The molecule has 0 aliphatic rings. The summed E-state index contributed by atoms with van der Waals surface area (Å²) in [5.74, 6) is -0.796. The highest BCUT2D eigenvalue weighted by Gasteiger charge is 2.27. The van der Waals surface area contributed by atoms with Gasteiger partial charge in [-0.1, -0.05) is 23.7 Å². The second-order valence-electron chi connectivity index (χ2n) is 6.67. The zero-order valence-corrected chi connectivity index (χ0v) is 20.6. The molecule has 0 saturated heterocycles. The van der Waals surface area contributed by atoms with Crippen LogP contribution in [0.3, 0.4) is 0 Å². The van der Waals surface area contributed by atoms with Crippen LogP contribution in [0, 0.1) is 6.92 Å². The van der Waals surface area contributed by atoms with Crippen LogP contribution < -0.4 is 10.6 Å². The smallest absolute Gasteiger partial charge is 0.348 e. The lowest BCUT2D eigenvalue weighted by Gasteiger charge is -2.09. The molecule has 0 saturated carbocycles. The monoisotopic (exact) mass is 507 g/mol. The fraction of sp³-hybridized carbons (Fsp3) is 0.286. The molecule has 0 fully saturated rings. The lowest BCUT2D eigenvalue weighted by Crippen LogP contribution is -2.21. The molecule has 12 heteroatoms. The Morgan fingerprint density at radius 2 is 1.79 bits per heavy atom. The number of aromatic nitrogens is 3. The highest BCUT2D eigenvalue weighted by atomic mass is 35.5. The van der Waals surface area contributed by atoms with Crippen LogP contribution in [-0.4, -0.2) is 45.0 Å². The molecule has 2 aromatic heterocycles. The SMILES string of the molecule is CCOC(=O)c1sc(NC(=S)Nc2ncn(Cc3ccc(Cl)cc3)n2)c(C(=O)OCC)c1C. The van der Waals surface area contributed by atoms with Crippen molar-refractivity contribution in [3.8, 4) is 0 Å². The van der Waals surface area contributed by atoms with Crippen molar-refractivity contribution >= 4 is 63.2 Å². The van der Waals surface area contributed by atoms with Gasteiger partial charge in [0, 0.05) is 5.02 Å². The van der Waals surface area contributed by atoms with Crippen molar-refractivity contribution in [3.63, 3.8) is 0 Å². The Morgan fingerprint density at radius 1 is 1.12 bits per heavy atom. The molecule has 0 atom stereocenters. The van der Waals surface area contributed by atoms with E-state index in [2.05, 4.69) is 20.7 Å². The quantitative estimate of drug-likeness (QED) is 0.336. The summed E-state index contributed by atoms with van der Waals surface area (Å²) < 4.78 is 11.9. The van der Waals surface area contributed by atoms with E-state index in [9.17, 15) is 9.59 Å². The van der Waals surface area contributed by atoms with Gasteiger partial charge in [0.15, 0.2) is 5.11 Å². The molecule has 2 heterocycles. The number of carbonyl (C=O) groups is 2. The van der Waals surface area contributed by atoms with Crippen molar-refractivity contribution in [2.45, 2.75) is 27.3 Å². The predicted molar refractivity (Wildman–Crippen MR) is 131 cm³/mol. The Bertz CT molecular complexity index is 1160. The molecule has 0 spiro atoms. The maximum atomic E-state index is 12.5. The summed E-state index contributed by atoms with van der Waals surface area (Å²) in [5, 5.41) is 11.4. The summed E-state index contributed by atoms with van der Waals surface area (Å²) in [6.45, 7) is 6.00. The molecule has 3 aromatic rings. The second kappa shape index (κ2) is 11.2. The summed E-state index contributed by atoms with van der Waals surface area (Å²) in [6.07, 6.45) is 1.57. The number of esters is 2. The first kappa shape index (κ1) is 24.6. The van der Waals surface area contributed by atoms with Crippen LogP contribution in [0.2, 0.25) is 5.02 Å². The Kier molecular flexibility index (Phi) is 8.37. The number of carbonyl (C=O) groups excluding carboxylic acids is 2. The molecule has 2 N–H and O–H groups in total. The summed E-state index contributed by atoms with van der Waals surface area (Å²) >= 11 is 12.3. The van der Waals surface area contributed by atoms with E-state index < -0.39 is 11.9 Å². The zero-order chi connectivity index (χ0) is 24.0. The van der Waals surface area contributed by atoms with E-state index in [0.717, 1.165) is 16.9 Å². The third kappa shape index (κ3) is 6.28. The molecule has 0 amide bonds. The van der Waals surface area contributed by atoms with Crippen molar-refractivity contribution in [1.29, 1.82) is 0 Å². The maximum Gasteiger partial charge on any atom is 0.348 e. The van der Waals surface area contributed by atoms with E-state index in [1.807, 2.05) is 12.1 Å². The van der Waals surface area contributed by atoms with Crippen molar-refractivity contribution in [2.75, 3.05) is 23.8 Å². The van der Waals surface area contributed by atoms with Crippen molar-refractivity contribution in [1.82, 2.24) is 14.8 Å². The number of hydrogen-bond acceptors (Lipinski definition) is 8. The molecule has 0 aliphatic heterocycles. The second-order valence-corrected chi connectivity index (χ2v) is 8.54. The average molecular weight is 508 g/mol. The number of nitrogens with zero attached hydrogens (tertiary/aromatic N) is 3. The van der Waals surface area contributed by atoms with Gasteiger partial charge in [-0.2, -0.15) is 0 Å². The van der Waals surface area contributed by atoms with Crippen LogP contribution in [0.15, 0.2) is 30.6 Å². The van der Waals surface area contributed by atoms with E-state index in [-0.39, 0.29) is 29.8 Å². The van der Waals surface area contributed by atoms with Gasteiger partial charge < -0.3 is 14.8 Å². The number of nitrogens with one attached hydrogen (secondary N) is 2. The fourth-order valence-electron chi connectivity index (χ4n) is 2.88.